The van der Waals surface area contributed by atoms with Gasteiger partial charge in [-0.3, -0.25) is 0 Å². The molecule has 1 nitrogen and oxygen atoms in total. The molecule has 0 unspecified atom stereocenters. The number of benzene rings is 1. The molecule has 0 atom stereocenters. The van der Waals surface area contributed by atoms with E-state index in [0.717, 1.165) is 18.4 Å². The smallest absolute Gasteiger partial charge is 0.404 e. The van der Waals surface area contributed by atoms with Crippen molar-refractivity contribution in [2.24, 2.45) is 5.73 Å². The molecule has 1 aliphatic rings. The third kappa shape index (κ3) is 5.82. The van der Waals surface area contributed by atoms with Crippen molar-refractivity contribution in [3.05, 3.63) is 42.8 Å². The van der Waals surface area contributed by atoms with Gasteiger partial charge in [-0.2, -0.15) is 24.6 Å². The van der Waals surface area contributed by atoms with E-state index < -0.39 is 0 Å². The molecule has 3 heteroatoms. The van der Waals surface area contributed by atoms with Crippen LogP contribution in [0.4, 0.5) is 0 Å². The van der Waals surface area contributed by atoms with Gasteiger partial charge in [0, 0.05) is 0 Å². The SMILES string of the molecule is NC1([C-]=S)CC1.[CH2-]c1ccccc1.[U+2]. The Bertz CT molecular complexity index is 270. The van der Waals surface area contributed by atoms with Gasteiger partial charge < -0.3 is 23.3 Å². The molecule has 0 aromatic heterocycles. The second-order valence-corrected chi connectivity index (χ2v) is 3.45. The van der Waals surface area contributed by atoms with Crippen molar-refractivity contribution >= 4 is 17.6 Å². The number of rotatable bonds is 1. The molecule has 2 rings (SSSR count). The molecule has 1 aromatic carbocycles. The minimum absolute atomic E-state index is 0. The molecule has 1 saturated carbocycles. The van der Waals surface area contributed by atoms with Crippen LogP contribution in [0.25, 0.3) is 0 Å². The maximum atomic E-state index is 5.43. The van der Waals surface area contributed by atoms with Gasteiger partial charge in [-0.15, -0.1) is 17.7 Å². The van der Waals surface area contributed by atoms with Crippen molar-refractivity contribution < 1.29 is 31.1 Å². The van der Waals surface area contributed by atoms with Crippen LogP contribution in [0.2, 0.25) is 0 Å². The second-order valence-electron chi connectivity index (χ2n) is 3.24. The van der Waals surface area contributed by atoms with Gasteiger partial charge in [0.1, 0.15) is 0 Å². The Kier molecular flexibility index (Phi) is 6.73. The van der Waals surface area contributed by atoms with E-state index in [1.807, 2.05) is 30.3 Å². The molecule has 1 aromatic rings. The predicted octanol–water partition coefficient (Wildman–Crippen LogP) is 2.22. The van der Waals surface area contributed by atoms with Crippen LogP contribution in [-0.2, 0) is 0 Å². The van der Waals surface area contributed by atoms with Crippen molar-refractivity contribution in [3.63, 3.8) is 0 Å². The molecule has 0 radical (unpaired) electrons. The van der Waals surface area contributed by atoms with Gasteiger partial charge in [-0.1, -0.05) is 18.9 Å². The fourth-order valence-corrected chi connectivity index (χ4v) is 0.919. The van der Waals surface area contributed by atoms with Crippen molar-refractivity contribution in [2.45, 2.75) is 18.4 Å². The first-order valence-corrected chi connectivity index (χ1v) is 4.62. The van der Waals surface area contributed by atoms with Crippen LogP contribution in [0.1, 0.15) is 18.4 Å². The van der Waals surface area contributed by atoms with Gasteiger partial charge in [-0.05, 0) is 0 Å². The van der Waals surface area contributed by atoms with Crippen LogP contribution in [-0.4, -0.2) is 10.9 Å². The summed E-state index contributed by atoms with van der Waals surface area (Å²) >= 11 is 4.48. The Hall–Kier alpha value is 0.192. The van der Waals surface area contributed by atoms with Crippen molar-refractivity contribution in [3.8, 4) is 0 Å². The van der Waals surface area contributed by atoms with Gasteiger partial charge in [0.05, 0.1) is 0 Å². The summed E-state index contributed by atoms with van der Waals surface area (Å²) in [4.78, 5) is 0. The zero-order chi connectivity index (χ0) is 9.73. The first-order valence-electron chi connectivity index (χ1n) is 4.21. The maximum Gasteiger partial charge on any atom is 2.00 e. The Morgan fingerprint density at radius 3 is 1.93 bits per heavy atom. The van der Waals surface area contributed by atoms with E-state index in [9.17, 15) is 0 Å². The van der Waals surface area contributed by atoms with Crippen LogP contribution in [0, 0.1) is 38.0 Å². The summed E-state index contributed by atoms with van der Waals surface area (Å²) in [5.74, 6) is 0. The largest absolute Gasteiger partial charge is 2.00 e. The Morgan fingerprint density at radius 1 is 1.29 bits per heavy atom. The number of hydrogen-bond acceptors (Lipinski definition) is 2. The van der Waals surface area contributed by atoms with E-state index in [4.69, 9.17) is 5.73 Å². The van der Waals surface area contributed by atoms with Gasteiger partial charge in [-0.25, -0.2) is 0 Å². The third-order valence-electron chi connectivity index (χ3n) is 1.83. The van der Waals surface area contributed by atoms with Crippen LogP contribution in [0.3, 0.4) is 0 Å². The maximum absolute atomic E-state index is 5.43. The normalized spacial score (nSPS) is 15.5. The first-order chi connectivity index (χ1) is 6.16. The molecule has 1 aliphatic carbocycles. The summed E-state index contributed by atoms with van der Waals surface area (Å²) < 4.78 is 0. The number of thiocarbonyl (C=S) groups is 1. The van der Waals surface area contributed by atoms with Gasteiger partial charge in [0.15, 0.2) is 0 Å². The number of hydrogen-bond donors (Lipinski definition) is 1. The molecule has 0 bridgehead atoms. The molecule has 72 valence electrons. The zero-order valence-corrected chi connectivity index (χ0v) is 13.0. The zero-order valence-electron chi connectivity index (χ0n) is 7.99. The average molecular weight is 429 g/mol. The molecule has 0 amide bonds. The average Bonchev–Trinajstić information content (AvgIpc) is 2.87. The predicted molar refractivity (Wildman–Crippen MR) is 59.7 cm³/mol. The molecule has 14 heavy (non-hydrogen) atoms. The summed E-state index contributed by atoms with van der Waals surface area (Å²) in [7, 11) is 0. The molecule has 0 heterocycles. The van der Waals surface area contributed by atoms with Crippen LogP contribution in [0.5, 0.6) is 0 Å². The van der Waals surface area contributed by atoms with E-state index in [0.29, 0.717) is 0 Å². The standard InChI is InChI=1S/C7H7.C4H6NS.U/c1-7-5-3-2-4-6-7;5-4(3-6)1-2-4;/h2-6H,1H2;1-2,5H2;/q2*-1;+2. The molecule has 0 aliphatic heterocycles. The molecule has 0 saturated heterocycles. The van der Waals surface area contributed by atoms with Crippen LogP contribution >= 0.6 is 12.2 Å². The summed E-state index contributed by atoms with van der Waals surface area (Å²) in [6.45, 7) is 3.72. The van der Waals surface area contributed by atoms with E-state index in [1.165, 1.54) is 0 Å². The van der Waals surface area contributed by atoms with Crippen molar-refractivity contribution in [1.29, 1.82) is 0 Å². The van der Waals surface area contributed by atoms with Crippen LogP contribution < -0.4 is 5.73 Å². The van der Waals surface area contributed by atoms with Gasteiger partial charge >= 0.3 is 31.1 Å². The van der Waals surface area contributed by atoms with E-state index in [1.54, 1.807) is 0 Å². The molecule has 0 spiro atoms. The molecular formula is C11H13NSU. The number of nitrogens with two attached hydrogens (primary N) is 1. The molecule has 2 N–H and O–H groups in total. The Labute approximate surface area is 115 Å². The summed E-state index contributed by atoms with van der Waals surface area (Å²) in [5.41, 5.74) is 6.36. The molecular weight excluding hydrogens is 416 g/mol. The minimum Gasteiger partial charge on any atom is -0.404 e. The van der Waals surface area contributed by atoms with E-state index >= 15 is 0 Å². The van der Waals surface area contributed by atoms with E-state index in [2.05, 4.69) is 24.5 Å². The summed E-state index contributed by atoms with van der Waals surface area (Å²) in [5, 5.41) is 2.58. The Balaban J connectivity index is 0.000000227. The van der Waals surface area contributed by atoms with Gasteiger partial charge in [0.2, 0.25) is 0 Å². The summed E-state index contributed by atoms with van der Waals surface area (Å²) in [6.07, 6.45) is 2.08. The minimum atomic E-state index is -0.144. The van der Waals surface area contributed by atoms with Gasteiger partial charge in [0.25, 0.3) is 0 Å². The fraction of sp³-hybridized carbons (Fsp3) is 0.273. The topological polar surface area (TPSA) is 26.0 Å². The van der Waals surface area contributed by atoms with Crippen LogP contribution in [0.15, 0.2) is 30.3 Å². The molecule has 1 fully saturated rings. The monoisotopic (exact) mass is 429 g/mol. The van der Waals surface area contributed by atoms with E-state index in [-0.39, 0.29) is 36.7 Å². The Morgan fingerprint density at radius 2 is 1.79 bits per heavy atom. The fourth-order valence-electron chi connectivity index (χ4n) is 0.715. The quantitative estimate of drug-likeness (QED) is 0.548. The second kappa shape index (κ2) is 6.63. The first kappa shape index (κ1) is 14.2. The van der Waals surface area contributed by atoms with Crippen molar-refractivity contribution in [2.75, 3.05) is 0 Å². The third-order valence-corrected chi connectivity index (χ3v) is 2.24. The summed E-state index contributed by atoms with van der Waals surface area (Å²) in [6, 6.07) is 9.87. The van der Waals surface area contributed by atoms with Crippen molar-refractivity contribution in [1.82, 2.24) is 0 Å².